The number of hydrogen-bond donors (Lipinski definition) is 2. The van der Waals surface area contributed by atoms with Crippen molar-refractivity contribution >= 4 is 40.1 Å². The Morgan fingerprint density at radius 3 is 2.79 bits per heavy atom. The monoisotopic (exact) mass is 481 g/mol. The number of aromatic nitrogens is 1. The number of carbonyl (C=O) groups is 2. The minimum Gasteiger partial charge on any atom is -0.484 e. The van der Waals surface area contributed by atoms with Gasteiger partial charge in [-0.05, 0) is 60.8 Å². The number of nitrogens with zero attached hydrogens (tertiary/aromatic N) is 1. The van der Waals surface area contributed by atoms with E-state index in [1.165, 1.54) is 12.1 Å². The Morgan fingerprint density at radius 1 is 1.24 bits per heavy atom. The molecule has 178 valence electrons. The number of ether oxygens (including phenoxy) is 1. The van der Waals surface area contributed by atoms with E-state index in [2.05, 4.69) is 10.3 Å². The second-order valence-electron chi connectivity index (χ2n) is 8.16. The molecular weight excluding hydrogens is 453 g/mol. The van der Waals surface area contributed by atoms with Gasteiger partial charge in [0.1, 0.15) is 17.6 Å². The van der Waals surface area contributed by atoms with Crippen LogP contribution in [0.15, 0.2) is 60.8 Å². The van der Waals surface area contributed by atoms with Crippen molar-refractivity contribution < 1.29 is 18.7 Å². The van der Waals surface area contributed by atoms with E-state index in [0.29, 0.717) is 31.7 Å². The number of fused-ring (bicyclic) bond motifs is 1. The van der Waals surface area contributed by atoms with Crippen LogP contribution in [-0.2, 0) is 9.59 Å². The number of halogens is 1. The van der Waals surface area contributed by atoms with Gasteiger partial charge in [-0.2, -0.15) is 11.8 Å². The number of hydrogen-bond acceptors (Lipinski definition) is 4. The summed E-state index contributed by atoms with van der Waals surface area (Å²) in [5.74, 6) is 0.693. The van der Waals surface area contributed by atoms with Crippen molar-refractivity contribution in [2.45, 2.75) is 18.9 Å². The molecule has 2 amide bonds. The molecule has 1 aliphatic rings. The minimum absolute atomic E-state index is 0.0848. The zero-order valence-electron chi connectivity index (χ0n) is 19.1. The van der Waals surface area contributed by atoms with Crippen molar-refractivity contribution in [3.63, 3.8) is 0 Å². The van der Waals surface area contributed by atoms with Gasteiger partial charge in [-0.15, -0.1) is 0 Å². The molecule has 1 aromatic heterocycles. The van der Waals surface area contributed by atoms with Crippen LogP contribution >= 0.6 is 11.8 Å². The summed E-state index contributed by atoms with van der Waals surface area (Å²) in [5, 5.41) is 3.83. The molecule has 2 N–H and O–H groups in total. The molecule has 6 nitrogen and oxygen atoms in total. The normalized spacial score (nSPS) is 14.5. The first-order valence-corrected chi connectivity index (χ1v) is 12.7. The van der Waals surface area contributed by atoms with Gasteiger partial charge in [-0.1, -0.05) is 24.3 Å². The van der Waals surface area contributed by atoms with Gasteiger partial charge in [0.05, 0.1) is 0 Å². The molecule has 0 spiro atoms. The second-order valence-corrected chi connectivity index (χ2v) is 9.14. The number of rotatable bonds is 9. The van der Waals surface area contributed by atoms with Crippen molar-refractivity contribution in [1.82, 2.24) is 15.2 Å². The van der Waals surface area contributed by atoms with Gasteiger partial charge in [0.2, 0.25) is 5.91 Å². The van der Waals surface area contributed by atoms with E-state index in [1.807, 2.05) is 36.7 Å². The molecule has 0 saturated heterocycles. The van der Waals surface area contributed by atoms with Gasteiger partial charge in [-0.25, -0.2) is 4.39 Å². The Bertz CT molecular complexity index is 1180. The second kappa shape index (κ2) is 11.2. The number of aromatic amines is 1. The molecule has 0 radical (unpaired) electrons. The quantitative estimate of drug-likeness (QED) is 0.480. The zero-order chi connectivity index (χ0) is 23.9. The van der Waals surface area contributed by atoms with E-state index in [9.17, 15) is 14.0 Å². The van der Waals surface area contributed by atoms with E-state index < -0.39 is 6.04 Å². The molecule has 0 fully saturated rings. The molecular formula is C26H28FN3O3S. The minimum atomic E-state index is -0.592. The number of thioether (sulfide) groups is 1. The molecule has 34 heavy (non-hydrogen) atoms. The Hall–Kier alpha value is -3.26. The van der Waals surface area contributed by atoms with E-state index in [-0.39, 0.29) is 24.2 Å². The van der Waals surface area contributed by atoms with E-state index in [0.717, 1.165) is 27.8 Å². The molecule has 1 atom stereocenters. The predicted molar refractivity (Wildman–Crippen MR) is 134 cm³/mol. The van der Waals surface area contributed by atoms with Crippen molar-refractivity contribution in [1.29, 1.82) is 0 Å². The van der Waals surface area contributed by atoms with E-state index >= 15 is 0 Å². The predicted octanol–water partition coefficient (Wildman–Crippen LogP) is 4.24. The third-order valence-electron chi connectivity index (χ3n) is 5.87. The maximum Gasteiger partial charge on any atom is 0.258 e. The summed E-state index contributed by atoms with van der Waals surface area (Å²) in [4.78, 5) is 30.6. The summed E-state index contributed by atoms with van der Waals surface area (Å²) in [7, 11) is 0. The van der Waals surface area contributed by atoms with E-state index in [1.54, 1.807) is 34.9 Å². The number of H-pyrrole nitrogens is 1. The summed E-state index contributed by atoms with van der Waals surface area (Å²) in [6.07, 6.45) is 7.15. The van der Waals surface area contributed by atoms with E-state index in [4.69, 9.17) is 4.74 Å². The Morgan fingerprint density at radius 2 is 2.06 bits per heavy atom. The molecule has 0 aliphatic carbocycles. The number of benzene rings is 2. The lowest BCUT2D eigenvalue weighted by molar-refractivity contribution is -0.136. The molecule has 0 bridgehead atoms. The van der Waals surface area contributed by atoms with Gasteiger partial charge < -0.3 is 19.9 Å². The largest absolute Gasteiger partial charge is 0.484 e. The first kappa shape index (κ1) is 23.9. The van der Waals surface area contributed by atoms with Crippen molar-refractivity contribution in [2.24, 2.45) is 0 Å². The first-order chi connectivity index (χ1) is 16.5. The van der Waals surface area contributed by atoms with Gasteiger partial charge in [-0.3, -0.25) is 9.59 Å². The molecule has 1 unspecified atom stereocenters. The summed E-state index contributed by atoms with van der Waals surface area (Å²) < 4.78 is 19.0. The fourth-order valence-electron chi connectivity index (χ4n) is 4.09. The van der Waals surface area contributed by atoms with Gasteiger partial charge in [0.25, 0.3) is 5.91 Å². The van der Waals surface area contributed by atoms with Crippen molar-refractivity contribution in [2.75, 3.05) is 31.7 Å². The smallest absolute Gasteiger partial charge is 0.258 e. The highest BCUT2D eigenvalue weighted by Crippen LogP contribution is 2.30. The summed E-state index contributed by atoms with van der Waals surface area (Å²) in [5.41, 5.74) is 2.92. The summed E-state index contributed by atoms with van der Waals surface area (Å²) in [6.45, 7) is 0.886. The average Bonchev–Trinajstić information content (AvgIpc) is 3.28. The lowest BCUT2D eigenvalue weighted by Crippen LogP contribution is -2.50. The first-order valence-electron chi connectivity index (χ1n) is 11.3. The Labute approximate surface area is 202 Å². The number of amides is 2. The van der Waals surface area contributed by atoms with Crippen LogP contribution in [0.1, 0.15) is 18.4 Å². The van der Waals surface area contributed by atoms with Crippen LogP contribution in [0, 0.1) is 5.82 Å². The molecule has 2 aromatic carbocycles. The maximum absolute atomic E-state index is 13.5. The summed E-state index contributed by atoms with van der Waals surface area (Å²) in [6, 6.07) is 13.2. The lowest BCUT2D eigenvalue weighted by Gasteiger charge is -2.30. The highest BCUT2D eigenvalue weighted by Gasteiger charge is 2.27. The van der Waals surface area contributed by atoms with Gasteiger partial charge in [0.15, 0.2) is 6.61 Å². The lowest BCUT2D eigenvalue weighted by atomic mass is 9.98. The van der Waals surface area contributed by atoms with Crippen LogP contribution in [0.2, 0.25) is 0 Å². The van der Waals surface area contributed by atoms with Crippen LogP contribution in [-0.4, -0.2) is 59.4 Å². The van der Waals surface area contributed by atoms with Crippen molar-refractivity contribution in [3.05, 3.63) is 72.2 Å². The van der Waals surface area contributed by atoms with Gasteiger partial charge >= 0.3 is 0 Å². The zero-order valence-corrected chi connectivity index (χ0v) is 19.9. The van der Waals surface area contributed by atoms with Gasteiger partial charge in [0, 0.05) is 35.8 Å². The molecule has 2 heterocycles. The highest BCUT2D eigenvalue weighted by molar-refractivity contribution is 7.98. The standard InChI is InChI=1S/C26H28FN3O3S/c1-34-14-11-23(29-25(31)17-33-20-5-3-2-4-6-20)26(32)30-12-9-18(10-13-30)22-16-28-24-15-19(27)7-8-21(22)24/h2-9,15-16,23,28H,10-14,17H2,1H3,(H,29,31). The third-order valence-corrected chi connectivity index (χ3v) is 6.51. The van der Waals surface area contributed by atoms with Crippen LogP contribution in [0.3, 0.4) is 0 Å². The fourth-order valence-corrected chi connectivity index (χ4v) is 4.56. The third kappa shape index (κ3) is 5.80. The topological polar surface area (TPSA) is 74.4 Å². The highest BCUT2D eigenvalue weighted by atomic mass is 32.2. The molecule has 4 rings (SSSR count). The Balaban J connectivity index is 1.38. The average molecular weight is 482 g/mol. The molecule has 0 saturated carbocycles. The van der Waals surface area contributed by atoms with Crippen LogP contribution in [0.25, 0.3) is 16.5 Å². The Kier molecular flexibility index (Phi) is 7.90. The van der Waals surface area contributed by atoms with Crippen LogP contribution in [0.4, 0.5) is 4.39 Å². The number of carbonyl (C=O) groups excluding carboxylic acids is 2. The molecule has 1 aliphatic heterocycles. The molecule has 3 aromatic rings. The van der Waals surface area contributed by atoms with Crippen molar-refractivity contribution in [3.8, 4) is 5.75 Å². The number of para-hydroxylation sites is 1. The fraction of sp³-hybridized carbons (Fsp3) is 0.308. The maximum atomic E-state index is 13.5. The van der Waals surface area contributed by atoms with Crippen LogP contribution < -0.4 is 10.1 Å². The van der Waals surface area contributed by atoms with Crippen LogP contribution in [0.5, 0.6) is 5.75 Å². The summed E-state index contributed by atoms with van der Waals surface area (Å²) >= 11 is 1.64. The number of nitrogens with one attached hydrogen (secondary N) is 2. The SMILES string of the molecule is CSCCC(NC(=O)COc1ccccc1)C(=O)N1CC=C(c2c[nH]c3cc(F)ccc23)CC1. The molecule has 8 heteroatoms.